The van der Waals surface area contributed by atoms with Crippen molar-refractivity contribution < 1.29 is 19.4 Å². The Labute approximate surface area is 106 Å². The molecule has 0 spiro atoms. The number of amides is 1. The summed E-state index contributed by atoms with van der Waals surface area (Å²) in [5, 5.41) is 11.9. The van der Waals surface area contributed by atoms with Crippen molar-refractivity contribution in [2.45, 2.75) is 19.9 Å². The van der Waals surface area contributed by atoms with Gasteiger partial charge in [-0.15, -0.1) is 0 Å². The molecule has 2 rings (SSSR count). The highest BCUT2D eigenvalue weighted by Crippen LogP contribution is 2.32. The van der Waals surface area contributed by atoms with E-state index in [1.54, 1.807) is 18.2 Å². The van der Waals surface area contributed by atoms with Gasteiger partial charge in [0.25, 0.3) is 5.91 Å². The van der Waals surface area contributed by atoms with Gasteiger partial charge in [0.1, 0.15) is 0 Å². The predicted octanol–water partition coefficient (Wildman–Crippen LogP) is 1.16. The molecule has 18 heavy (non-hydrogen) atoms. The normalized spacial score (nSPS) is 16.2. The van der Waals surface area contributed by atoms with Crippen LogP contribution >= 0.6 is 0 Å². The maximum atomic E-state index is 12.0. The number of carbonyl (C=O) groups is 1. The monoisotopic (exact) mass is 251 g/mol. The van der Waals surface area contributed by atoms with Crippen LogP contribution in [0.4, 0.5) is 0 Å². The average Bonchev–Trinajstić information content (AvgIpc) is 2.84. The number of ether oxygens (including phenoxy) is 2. The van der Waals surface area contributed by atoms with Crippen LogP contribution in [0.3, 0.4) is 0 Å². The summed E-state index contributed by atoms with van der Waals surface area (Å²) in [6.45, 7) is 3.98. The van der Waals surface area contributed by atoms with Crippen molar-refractivity contribution >= 4 is 5.91 Å². The highest BCUT2D eigenvalue weighted by molar-refractivity contribution is 5.95. The maximum Gasteiger partial charge on any atom is 0.251 e. The van der Waals surface area contributed by atoms with Gasteiger partial charge in [-0.25, -0.2) is 0 Å². The second-order valence-corrected chi connectivity index (χ2v) is 4.49. The quantitative estimate of drug-likeness (QED) is 0.842. The highest BCUT2D eigenvalue weighted by Gasteiger charge is 2.18. The van der Waals surface area contributed by atoms with E-state index in [0.29, 0.717) is 17.1 Å². The van der Waals surface area contributed by atoms with Crippen molar-refractivity contribution in [3.63, 3.8) is 0 Å². The first kappa shape index (κ1) is 12.7. The number of carbonyl (C=O) groups excluding carboxylic acids is 1. The van der Waals surface area contributed by atoms with Crippen molar-refractivity contribution in [3.8, 4) is 11.5 Å². The lowest BCUT2D eigenvalue weighted by atomic mass is 10.0. The first-order valence-corrected chi connectivity index (χ1v) is 5.93. The van der Waals surface area contributed by atoms with E-state index in [0.717, 1.165) is 0 Å². The smallest absolute Gasteiger partial charge is 0.251 e. The van der Waals surface area contributed by atoms with Crippen LogP contribution in [0, 0.1) is 5.92 Å². The van der Waals surface area contributed by atoms with E-state index in [4.69, 9.17) is 14.6 Å². The van der Waals surface area contributed by atoms with Crippen LogP contribution in [0.2, 0.25) is 0 Å². The van der Waals surface area contributed by atoms with Crippen LogP contribution in [0.15, 0.2) is 18.2 Å². The van der Waals surface area contributed by atoms with Gasteiger partial charge in [0, 0.05) is 18.2 Å². The summed E-state index contributed by atoms with van der Waals surface area (Å²) < 4.78 is 10.4. The number of rotatable bonds is 4. The van der Waals surface area contributed by atoms with Gasteiger partial charge in [0.05, 0.1) is 0 Å². The summed E-state index contributed by atoms with van der Waals surface area (Å²) in [6, 6.07) is 4.98. The Morgan fingerprint density at radius 2 is 2.11 bits per heavy atom. The number of aliphatic hydroxyl groups is 1. The van der Waals surface area contributed by atoms with Crippen molar-refractivity contribution in [3.05, 3.63) is 23.8 Å². The minimum atomic E-state index is -0.180. The number of benzene rings is 1. The largest absolute Gasteiger partial charge is 0.454 e. The zero-order valence-electron chi connectivity index (χ0n) is 10.5. The topological polar surface area (TPSA) is 67.8 Å². The fraction of sp³-hybridized carbons (Fsp3) is 0.462. The summed E-state index contributed by atoms with van der Waals surface area (Å²) >= 11 is 0. The molecular formula is C13H17NO4. The summed E-state index contributed by atoms with van der Waals surface area (Å²) in [4.78, 5) is 12.0. The van der Waals surface area contributed by atoms with Crippen molar-refractivity contribution in [2.24, 2.45) is 5.92 Å². The van der Waals surface area contributed by atoms with Gasteiger partial charge in [-0.2, -0.15) is 0 Å². The molecule has 0 radical (unpaired) electrons. The van der Waals surface area contributed by atoms with E-state index in [1.807, 2.05) is 13.8 Å². The summed E-state index contributed by atoms with van der Waals surface area (Å²) in [6.07, 6.45) is 0. The van der Waals surface area contributed by atoms with Crippen molar-refractivity contribution in [1.29, 1.82) is 0 Å². The molecule has 1 amide bonds. The zero-order chi connectivity index (χ0) is 13.1. The highest BCUT2D eigenvalue weighted by atomic mass is 16.7. The Balaban J connectivity index is 2.05. The van der Waals surface area contributed by atoms with Gasteiger partial charge in [-0.3, -0.25) is 4.79 Å². The van der Waals surface area contributed by atoms with Crippen molar-refractivity contribution in [1.82, 2.24) is 5.32 Å². The molecule has 98 valence electrons. The first-order valence-electron chi connectivity index (χ1n) is 5.93. The standard InChI is InChI=1S/C13H17NO4/c1-8(6-15)9(2)14-13(16)10-3-4-11-12(5-10)18-7-17-11/h3-5,8-9,15H,6-7H2,1-2H3,(H,14,16). The second-order valence-electron chi connectivity index (χ2n) is 4.49. The number of nitrogens with one attached hydrogen (secondary N) is 1. The van der Waals surface area contributed by atoms with Gasteiger partial charge < -0.3 is 19.9 Å². The van der Waals surface area contributed by atoms with Gasteiger partial charge in [0.2, 0.25) is 6.79 Å². The lowest BCUT2D eigenvalue weighted by Crippen LogP contribution is -2.38. The number of aliphatic hydroxyl groups excluding tert-OH is 1. The molecule has 2 unspecified atom stereocenters. The lowest BCUT2D eigenvalue weighted by molar-refractivity contribution is 0.0916. The van der Waals surface area contributed by atoms with Crippen LogP contribution in [0.5, 0.6) is 11.5 Å². The molecule has 1 aliphatic heterocycles. The van der Waals surface area contributed by atoms with E-state index in [-0.39, 0.29) is 31.3 Å². The van der Waals surface area contributed by atoms with Crippen LogP contribution in [0.25, 0.3) is 0 Å². The Morgan fingerprint density at radius 1 is 1.39 bits per heavy atom. The van der Waals surface area contributed by atoms with Gasteiger partial charge in [-0.1, -0.05) is 6.92 Å². The average molecular weight is 251 g/mol. The van der Waals surface area contributed by atoms with Crippen molar-refractivity contribution in [2.75, 3.05) is 13.4 Å². The molecule has 5 nitrogen and oxygen atoms in total. The third kappa shape index (κ3) is 2.56. The lowest BCUT2D eigenvalue weighted by Gasteiger charge is -2.19. The fourth-order valence-electron chi connectivity index (χ4n) is 1.63. The Hall–Kier alpha value is -1.75. The van der Waals surface area contributed by atoms with Gasteiger partial charge in [-0.05, 0) is 31.0 Å². The molecule has 2 atom stereocenters. The zero-order valence-corrected chi connectivity index (χ0v) is 10.5. The molecule has 5 heteroatoms. The fourth-order valence-corrected chi connectivity index (χ4v) is 1.63. The molecule has 0 fully saturated rings. The summed E-state index contributed by atoms with van der Waals surface area (Å²) in [7, 11) is 0. The first-order chi connectivity index (χ1) is 8.61. The Bertz CT molecular complexity index is 447. The van der Waals surface area contributed by atoms with E-state index < -0.39 is 0 Å². The Kier molecular flexibility index (Phi) is 3.72. The maximum absolute atomic E-state index is 12.0. The van der Waals surface area contributed by atoms with E-state index in [2.05, 4.69) is 5.32 Å². The molecule has 0 aromatic heterocycles. The van der Waals surface area contributed by atoms with Crippen LogP contribution in [0.1, 0.15) is 24.2 Å². The molecule has 2 N–H and O–H groups in total. The third-order valence-electron chi connectivity index (χ3n) is 3.14. The number of hydrogen-bond donors (Lipinski definition) is 2. The molecule has 0 saturated heterocycles. The molecule has 1 aromatic carbocycles. The third-order valence-corrected chi connectivity index (χ3v) is 3.14. The molecule has 1 aliphatic rings. The molecule has 1 heterocycles. The number of hydrogen-bond acceptors (Lipinski definition) is 4. The molecule has 0 aliphatic carbocycles. The molecule has 0 saturated carbocycles. The minimum Gasteiger partial charge on any atom is -0.454 e. The SMILES string of the molecule is CC(CO)C(C)NC(=O)c1ccc2c(c1)OCO2. The van der Waals surface area contributed by atoms with E-state index in [9.17, 15) is 4.79 Å². The minimum absolute atomic E-state index is 0.0166. The van der Waals surface area contributed by atoms with Crippen LogP contribution < -0.4 is 14.8 Å². The summed E-state index contributed by atoms with van der Waals surface area (Å²) in [5.74, 6) is 1.08. The van der Waals surface area contributed by atoms with Crippen LogP contribution in [-0.2, 0) is 0 Å². The van der Waals surface area contributed by atoms with E-state index in [1.165, 1.54) is 0 Å². The molecule has 0 bridgehead atoms. The van der Waals surface area contributed by atoms with E-state index >= 15 is 0 Å². The van der Waals surface area contributed by atoms with Crippen LogP contribution in [-0.4, -0.2) is 30.5 Å². The second kappa shape index (κ2) is 5.27. The predicted molar refractivity (Wildman–Crippen MR) is 65.7 cm³/mol. The van der Waals surface area contributed by atoms with Gasteiger partial charge >= 0.3 is 0 Å². The number of fused-ring (bicyclic) bond motifs is 1. The Morgan fingerprint density at radius 3 is 2.83 bits per heavy atom. The molecular weight excluding hydrogens is 234 g/mol. The molecule has 1 aromatic rings. The van der Waals surface area contributed by atoms with Gasteiger partial charge in [0.15, 0.2) is 11.5 Å². The summed E-state index contributed by atoms with van der Waals surface area (Å²) in [5.41, 5.74) is 0.524.